The highest BCUT2D eigenvalue weighted by atomic mass is 35.5. The number of pyridine rings is 1. The Bertz CT molecular complexity index is 1970. The van der Waals surface area contributed by atoms with E-state index in [1.54, 1.807) is 18.2 Å². The smallest absolute Gasteiger partial charge is 0.335 e. The number of aromatic nitrogens is 3. The lowest BCUT2D eigenvalue weighted by Crippen LogP contribution is -2.31. The Kier molecular flexibility index (Phi) is 7.99. The second-order valence-corrected chi connectivity index (χ2v) is 11.0. The molecular weight excluding hydrogens is 590 g/mol. The van der Waals surface area contributed by atoms with Crippen molar-refractivity contribution in [3.8, 4) is 23.2 Å². The number of ether oxygens (including phenoxy) is 2. The third-order valence-corrected chi connectivity index (χ3v) is 7.98. The van der Waals surface area contributed by atoms with Crippen LogP contribution in [0.5, 0.6) is 5.88 Å². The van der Waals surface area contributed by atoms with Gasteiger partial charge >= 0.3 is 5.97 Å². The maximum Gasteiger partial charge on any atom is 0.335 e. The van der Waals surface area contributed by atoms with Gasteiger partial charge in [-0.05, 0) is 73.0 Å². The zero-order valence-corrected chi connectivity index (χ0v) is 24.2. The molecule has 1 aliphatic rings. The number of nitrogens with zero attached hydrogens (tertiary/aromatic N) is 4. The molecule has 8 nitrogen and oxygen atoms in total. The molecule has 3 heterocycles. The highest BCUT2D eigenvalue weighted by Gasteiger charge is 2.23. The minimum Gasteiger partial charge on any atom is -0.478 e. The summed E-state index contributed by atoms with van der Waals surface area (Å²) in [6, 6.07) is 17.1. The van der Waals surface area contributed by atoms with Crippen LogP contribution < -0.4 is 4.74 Å². The first-order valence-electron chi connectivity index (χ1n) is 13.8. The zero-order chi connectivity index (χ0) is 31.0. The number of rotatable bonds is 9. The van der Waals surface area contributed by atoms with E-state index in [1.165, 1.54) is 30.3 Å². The van der Waals surface area contributed by atoms with Crippen molar-refractivity contribution >= 4 is 28.6 Å². The number of aromatic carboxylic acids is 1. The van der Waals surface area contributed by atoms with Crippen molar-refractivity contribution < 1.29 is 28.2 Å². The van der Waals surface area contributed by atoms with E-state index in [4.69, 9.17) is 31.3 Å². The van der Waals surface area contributed by atoms with E-state index in [9.17, 15) is 18.7 Å². The Labute approximate surface area is 256 Å². The second-order valence-electron chi connectivity index (χ2n) is 10.6. The van der Waals surface area contributed by atoms with E-state index in [2.05, 4.69) is 4.98 Å². The van der Waals surface area contributed by atoms with Crippen molar-refractivity contribution in [2.75, 3.05) is 6.61 Å². The lowest BCUT2D eigenvalue weighted by atomic mass is 10.00. The predicted octanol–water partition coefficient (Wildman–Crippen LogP) is 6.87. The van der Waals surface area contributed by atoms with Gasteiger partial charge in [0.25, 0.3) is 5.88 Å². The number of carboxylic acid groups (broad SMARTS) is 1. The lowest BCUT2D eigenvalue weighted by Gasteiger charge is -2.27. The van der Waals surface area contributed by atoms with Gasteiger partial charge < -0.3 is 19.1 Å². The van der Waals surface area contributed by atoms with Crippen molar-refractivity contribution in [2.24, 2.45) is 0 Å². The summed E-state index contributed by atoms with van der Waals surface area (Å²) in [5, 5.41) is 18.9. The minimum atomic E-state index is -1.01. The second kappa shape index (κ2) is 12.0. The van der Waals surface area contributed by atoms with Crippen LogP contribution >= 0.6 is 11.6 Å². The summed E-state index contributed by atoms with van der Waals surface area (Å²) in [6.45, 7) is 2.84. The number of halogens is 3. The van der Waals surface area contributed by atoms with Gasteiger partial charge in [0.05, 0.1) is 46.6 Å². The first-order chi connectivity index (χ1) is 21.2. The third kappa shape index (κ3) is 5.84. The molecule has 2 aromatic heterocycles. The Morgan fingerprint density at radius 1 is 1.11 bits per heavy atom. The topological polar surface area (TPSA) is 110 Å². The van der Waals surface area contributed by atoms with Gasteiger partial charge in [0.2, 0.25) is 0 Å². The number of hydrogen-bond acceptors (Lipinski definition) is 6. The van der Waals surface area contributed by atoms with E-state index in [-0.39, 0.29) is 35.3 Å². The van der Waals surface area contributed by atoms with E-state index in [0.717, 1.165) is 29.4 Å². The summed E-state index contributed by atoms with van der Waals surface area (Å²) in [6.07, 6.45) is 1.31. The summed E-state index contributed by atoms with van der Waals surface area (Å²) in [7, 11) is 0. The highest BCUT2D eigenvalue weighted by molar-refractivity contribution is 6.31. The standard InChI is InChI=1S/C33H25ClF2N4O4/c1-18-10-22(13-31-38-29-6-4-20(33(41)42)12-30(29)40(31)16-23-8-9-43-23)25(34)14-24(18)28-7-5-26(35)32(39-28)44-17-21-3-2-19(15-37)11-27(21)36/h2-7,10-12,14,23H,8-9,13,16-17H2,1H3,(H,41,42)/t23-/m0/s1. The van der Waals surface area contributed by atoms with Gasteiger partial charge in [-0.2, -0.15) is 5.26 Å². The maximum absolute atomic E-state index is 14.6. The fraction of sp³-hybridized carbons (Fsp3) is 0.212. The van der Waals surface area contributed by atoms with Gasteiger partial charge in [0.15, 0.2) is 5.82 Å². The molecule has 0 bridgehead atoms. The predicted molar refractivity (Wildman–Crippen MR) is 159 cm³/mol. The number of carbonyl (C=O) groups is 1. The number of aryl methyl sites for hydroxylation is 1. The van der Waals surface area contributed by atoms with E-state index < -0.39 is 17.6 Å². The van der Waals surface area contributed by atoms with Crippen LogP contribution in [-0.2, 0) is 24.3 Å². The normalized spacial score (nSPS) is 14.3. The molecule has 0 amide bonds. The van der Waals surface area contributed by atoms with Crippen molar-refractivity contribution in [3.05, 3.63) is 111 Å². The number of imidazole rings is 1. The molecule has 1 atom stereocenters. The molecule has 1 N–H and O–H groups in total. The van der Waals surface area contributed by atoms with E-state index in [0.29, 0.717) is 46.9 Å². The first-order valence-corrected chi connectivity index (χ1v) is 14.2. The summed E-state index contributed by atoms with van der Waals surface area (Å²) >= 11 is 6.78. The molecule has 1 aliphatic heterocycles. The van der Waals surface area contributed by atoms with Gasteiger partial charge in [-0.25, -0.2) is 23.5 Å². The minimum absolute atomic E-state index is 0.0218. The van der Waals surface area contributed by atoms with Gasteiger partial charge in [-0.15, -0.1) is 0 Å². The molecular formula is C33H25ClF2N4O4. The summed E-state index contributed by atoms with van der Waals surface area (Å²) in [5.41, 5.74) is 4.60. The molecule has 222 valence electrons. The van der Waals surface area contributed by atoms with Crippen LogP contribution in [0.3, 0.4) is 0 Å². The summed E-state index contributed by atoms with van der Waals surface area (Å²) in [5.74, 6) is -1.92. The number of fused-ring (bicyclic) bond motifs is 1. The van der Waals surface area contributed by atoms with E-state index in [1.807, 2.05) is 23.6 Å². The Hall–Kier alpha value is -4.85. The van der Waals surface area contributed by atoms with Crippen LogP contribution in [0.15, 0.2) is 60.7 Å². The number of nitriles is 1. The van der Waals surface area contributed by atoms with Crippen molar-refractivity contribution in [3.63, 3.8) is 0 Å². The fourth-order valence-electron chi connectivity index (χ4n) is 5.15. The van der Waals surface area contributed by atoms with Crippen LogP contribution in [0.1, 0.15) is 44.9 Å². The van der Waals surface area contributed by atoms with Gasteiger partial charge in [0.1, 0.15) is 18.2 Å². The van der Waals surface area contributed by atoms with Crippen LogP contribution in [-0.4, -0.2) is 38.3 Å². The molecule has 6 rings (SSSR count). The fourth-order valence-corrected chi connectivity index (χ4v) is 5.38. The average Bonchev–Trinajstić information content (AvgIpc) is 3.32. The quantitative estimate of drug-likeness (QED) is 0.193. The Morgan fingerprint density at radius 2 is 1.93 bits per heavy atom. The van der Waals surface area contributed by atoms with E-state index >= 15 is 0 Å². The average molecular weight is 615 g/mol. The number of benzene rings is 3. The molecule has 0 spiro atoms. The summed E-state index contributed by atoms with van der Waals surface area (Å²) in [4.78, 5) is 20.8. The van der Waals surface area contributed by atoms with Gasteiger partial charge in [-0.1, -0.05) is 23.7 Å². The molecule has 11 heteroatoms. The van der Waals surface area contributed by atoms with Crippen molar-refractivity contribution in [2.45, 2.75) is 39.0 Å². The van der Waals surface area contributed by atoms with Crippen LogP contribution in [0.25, 0.3) is 22.3 Å². The molecule has 0 radical (unpaired) electrons. The Morgan fingerprint density at radius 3 is 2.64 bits per heavy atom. The summed E-state index contributed by atoms with van der Waals surface area (Å²) < 4.78 is 42.1. The largest absolute Gasteiger partial charge is 0.478 e. The van der Waals surface area contributed by atoms with Crippen molar-refractivity contribution in [1.82, 2.24) is 14.5 Å². The molecule has 3 aromatic carbocycles. The monoisotopic (exact) mass is 614 g/mol. The maximum atomic E-state index is 14.6. The Balaban J connectivity index is 1.28. The van der Waals surface area contributed by atoms with Crippen LogP contribution in [0.2, 0.25) is 5.02 Å². The molecule has 1 fully saturated rings. The molecule has 0 aliphatic carbocycles. The van der Waals surface area contributed by atoms with Crippen LogP contribution in [0, 0.1) is 29.9 Å². The lowest BCUT2D eigenvalue weighted by molar-refractivity contribution is -0.0589. The first kappa shape index (κ1) is 29.2. The van der Waals surface area contributed by atoms with Crippen LogP contribution in [0.4, 0.5) is 8.78 Å². The molecule has 0 saturated carbocycles. The molecule has 44 heavy (non-hydrogen) atoms. The molecule has 1 saturated heterocycles. The number of carboxylic acids is 1. The van der Waals surface area contributed by atoms with Gasteiger partial charge in [0, 0.05) is 29.2 Å². The molecule has 0 unspecified atom stereocenters. The molecule has 5 aromatic rings. The third-order valence-electron chi connectivity index (χ3n) is 7.63. The SMILES string of the molecule is Cc1cc(Cc2nc3ccc(C(=O)O)cc3n2C[C@@H]2CCO2)c(Cl)cc1-c1ccc(F)c(OCc2ccc(C#N)cc2F)n1. The number of hydrogen-bond donors (Lipinski definition) is 1. The zero-order valence-electron chi connectivity index (χ0n) is 23.5. The van der Waals surface area contributed by atoms with Crippen molar-refractivity contribution in [1.29, 1.82) is 5.26 Å². The highest BCUT2D eigenvalue weighted by Crippen LogP contribution is 2.32. The van der Waals surface area contributed by atoms with Gasteiger partial charge in [-0.3, -0.25) is 0 Å².